The van der Waals surface area contributed by atoms with Gasteiger partial charge in [0, 0.05) is 19.3 Å². The molecule has 75 heavy (non-hydrogen) atoms. The van der Waals surface area contributed by atoms with Crippen LogP contribution in [0.25, 0.3) is 0 Å². The maximum absolute atomic E-state index is 12.9. The van der Waals surface area contributed by atoms with Crippen LogP contribution in [0.4, 0.5) is 0 Å². The second kappa shape index (κ2) is 62.6. The van der Waals surface area contributed by atoms with Crippen molar-refractivity contribution >= 4 is 17.9 Å². The molecule has 0 N–H and O–H groups in total. The molecule has 0 aromatic heterocycles. The molecular formula is C69H116O6. The van der Waals surface area contributed by atoms with Gasteiger partial charge < -0.3 is 14.2 Å². The lowest BCUT2D eigenvalue weighted by molar-refractivity contribution is -0.167. The molecule has 0 saturated carbocycles. The second-order valence-corrected chi connectivity index (χ2v) is 20.6. The van der Waals surface area contributed by atoms with E-state index in [1.165, 1.54) is 128 Å². The molecule has 0 unspecified atom stereocenters. The van der Waals surface area contributed by atoms with Crippen LogP contribution in [0.15, 0.2) is 109 Å². The summed E-state index contributed by atoms with van der Waals surface area (Å²) in [5.74, 6) is -0.958. The van der Waals surface area contributed by atoms with Crippen molar-refractivity contribution in [3.8, 4) is 0 Å². The molecule has 1 atom stereocenters. The zero-order chi connectivity index (χ0) is 54.3. The summed E-state index contributed by atoms with van der Waals surface area (Å²) in [5.41, 5.74) is 0. The van der Waals surface area contributed by atoms with Crippen LogP contribution in [0.3, 0.4) is 0 Å². The molecule has 0 bridgehead atoms. The molecule has 0 radical (unpaired) electrons. The summed E-state index contributed by atoms with van der Waals surface area (Å²) in [7, 11) is 0. The first-order chi connectivity index (χ1) is 37.0. The van der Waals surface area contributed by atoms with E-state index in [9.17, 15) is 14.4 Å². The molecule has 6 heteroatoms. The molecule has 0 aliphatic carbocycles. The molecule has 0 aromatic carbocycles. The molecule has 0 saturated heterocycles. The molecule has 0 aliphatic heterocycles. The smallest absolute Gasteiger partial charge is 0.306 e. The molecule has 0 fully saturated rings. The Balaban J connectivity index is 4.50. The van der Waals surface area contributed by atoms with Crippen molar-refractivity contribution in [2.75, 3.05) is 13.2 Å². The number of unbranched alkanes of at least 4 members (excludes halogenated alkanes) is 27. The Kier molecular flexibility index (Phi) is 59.3. The van der Waals surface area contributed by atoms with Gasteiger partial charge in [-0.3, -0.25) is 14.4 Å². The molecule has 0 aliphatic rings. The van der Waals surface area contributed by atoms with Gasteiger partial charge in [0.25, 0.3) is 0 Å². The highest BCUT2D eigenvalue weighted by Crippen LogP contribution is 2.16. The van der Waals surface area contributed by atoms with Crippen LogP contribution < -0.4 is 0 Å². The summed E-state index contributed by atoms with van der Waals surface area (Å²) in [4.78, 5) is 38.3. The van der Waals surface area contributed by atoms with Crippen molar-refractivity contribution in [3.05, 3.63) is 109 Å². The highest BCUT2D eigenvalue weighted by atomic mass is 16.6. The summed E-state index contributed by atoms with van der Waals surface area (Å²) in [6, 6.07) is 0. The minimum Gasteiger partial charge on any atom is -0.462 e. The minimum absolute atomic E-state index is 0.101. The number of allylic oxidation sites excluding steroid dienone is 18. The van der Waals surface area contributed by atoms with Gasteiger partial charge in [-0.2, -0.15) is 0 Å². The molecule has 0 aromatic rings. The van der Waals surface area contributed by atoms with Gasteiger partial charge in [0.15, 0.2) is 6.10 Å². The molecular weight excluding hydrogens is 925 g/mol. The quantitative estimate of drug-likeness (QED) is 0.0261. The minimum atomic E-state index is -0.811. The Labute approximate surface area is 463 Å². The zero-order valence-corrected chi connectivity index (χ0v) is 49.0. The Bertz CT molecular complexity index is 1520. The van der Waals surface area contributed by atoms with Crippen molar-refractivity contribution in [2.24, 2.45) is 0 Å². The summed E-state index contributed by atoms with van der Waals surface area (Å²) in [6.07, 6.45) is 85.1. The summed E-state index contributed by atoms with van der Waals surface area (Å²) in [6.45, 7) is 6.47. The van der Waals surface area contributed by atoms with Crippen molar-refractivity contribution in [1.29, 1.82) is 0 Å². The highest BCUT2D eigenvalue weighted by Gasteiger charge is 2.19. The molecule has 0 heterocycles. The van der Waals surface area contributed by atoms with Gasteiger partial charge >= 0.3 is 17.9 Å². The Hall–Kier alpha value is -3.93. The molecule has 428 valence electrons. The first-order valence-electron chi connectivity index (χ1n) is 31.4. The van der Waals surface area contributed by atoms with Crippen LogP contribution in [0.1, 0.15) is 290 Å². The molecule has 0 spiro atoms. The fourth-order valence-electron chi connectivity index (χ4n) is 8.57. The number of carbonyl (C=O) groups is 3. The van der Waals surface area contributed by atoms with E-state index in [0.717, 1.165) is 122 Å². The lowest BCUT2D eigenvalue weighted by atomic mass is 10.0. The van der Waals surface area contributed by atoms with Crippen molar-refractivity contribution in [3.63, 3.8) is 0 Å². The van der Waals surface area contributed by atoms with Gasteiger partial charge in [0.1, 0.15) is 13.2 Å². The fourth-order valence-corrected chi connectivity index (χ4v) is 8.57. The standard InChI is InChI=1S/C69H116O6/c1-4-7-10-13-16-19-22-25-28-31-34-37-40-43-46-49-52-55-58-61-67(70)73-64-66(75-69(72)63-60-57-54-51-48-45-42-39-36-33-30-27-24-21-18-15-12-9-6-3)65-74-68(71)62-59-56-53-50-47-44-41-38-35-32-29-26-23-20-17-14-11-8-5-2/h7,10,16,18-19,21,25,27-28,30,34,36-37,39,43,45-46,48,66H,4-6,8-9,11-15,17,20,22-24,26,29,31-33,35,38,40-42,44,47,49-65H2,1-3H3/b10-7-,19-16-,21-18-,28-25-,30-27-,37-34-,39-36-,46-43-,48-45-/t66-/m0/s1. The highest BCUT2D eigenvalue weighted by molar-refractivity contribution is 5.71. The van der Waals surface area contributed by atoms with E-state index in [-0.39, 0.29) is 37.5 Å². The zero-order valence-electron chi connectivity index (χ0n) is 49.0. The third kappa shape index (κ3) is 60.8. The van der Waals surface area contributed by atoms with E-state index in [0.29, 0.717) is 12.8 Å². The van der Waals surface area contributed by atoms with Crippen LogP contribution in [0.2, 0.25) is 0 Å². The van der Waals surface area contributed by atoms with Crippen LogP contribution in [-0.2, 0) is 28.6 Å². The lowest BCUT2D eigenvalue weighted by Gasteiger charge is -2.18. The number of esters is 3. The van der Waals surface area contributed by atoms with Gasteiger partial charge in [0.05, 0.1) is 0 Å². The topological polar surface area (TPSA) is 78.9 Å². The lowest BCUT2D eigenvalue weighted by Crippen LogP contribution is -2.30. The summed E-state index contributed by atoms with van der Waals surface area (Å²) >= 11 is 0. The number of rotatable bonds is 56. The van der Waals surface area contributed by atoms with E-state index in [4.69, 9.17) is 14.2 Å². The van der Waals surface area contributed by atoms with Crippen LogP contribution in [0, 0.1) is 0 Å². The number of hydrogen-bond donors (Lipinski definition) is 0. The van der Waals surface area contributed by atoms with E-state index in [2.05, 4.69) is 130 Å². The van der Waals surface area contributed by atoms with E-state index < -0.39 is 6.10 Å². The number of ether oxygens (including phenoxy) is 3. The predicted octanol–water partition coefficient (Wildman–Crippen LogP) is 21.4. The molecule has 0 rings (SSSR count). The fraction of sp³-hybridized carbons (Fsp3) is 0.696. The van der Waals surface area contributed by atoms with Crippen LogP contribution in [-0.4, -0.2) is 37.2 Å². The van der Waals surface area contributed by atoms with Gasteiger partial charge in [0.2, 0.25) is 0 Å². The Morgan fingerprint density at radius 3 is 0.840 bits per heavy atom. The van der Waals surface area contributed by atoms with Crippen molar-refractivity contribution < 1.29 is 28.6 Å². The molecule has 6 nitrogen and oxygen atoms in total. The predicted molar refractivity (Wildman–Crippen MR) is 325 cm³/mol. The first-order valence-corrected chi connectivity index (χ1v) is 31.4. The van der Waals surface area contributed by atoms with Gasteiger partial charge in [-0.05, 0) is 109 Å². The van der Waals surface area contributed by atoms with Crippen molar-refractivity contribution in [2.45, 2.75) is 297 Å². The SMILES string of the molecule is CC/C=C\C/C=C\C/C=C\C/C=C\C/C=C\CCCCCC(=O)OC[C@@H](COC(=O)CCCCCCCCCCCCCCCCCCCCC)OC(=O)CCCCC/C=C\C/C=C\C/C=C\C/C=C\CCCCC. The first kappa shape index (κ1) is 71.1. The van der Waals surface area contributed by atoms with Crippen molar-refractivity contribution in [1.82, 2.24) is 0 Å². The third-order valence-corrected chi connectivity index (χ3v) is 13.3. The maximum Gasteiger partial charge on any atom is 0.306 e. The Morgan fingerprint density at radius 2 is 0.520 bits per heavy atom. The largest absolute Gasteiger partial charge is 0.462 e. The second-order valence-electron chi connectivity index (χ2n) is 20.6. The Morgan fingerprint density at radius 1 is 0.280 bits per heavy atom. The third-order valence-electron chi connectivity index (χ3n) is 13.3. The van der Waals surface area contributed by atoms with E-state index in [1.54, 1.807) is 0 Å². The normalized spacial score (nSPS) is 12.8. The average Bonchev–Trinajstić information content (AvgIpc) is 3.41. The monoisotopic (exact) mass is 1040 g/mol. The van der Waals surface area contributed by atoms with E-state index >= 15 is 0 Å². The maximum atomic E-state index is 12.9. The summed E-state index contributed by atoms with van der Waals surface area (Å²) in [5, 5.41) is 0. The van der Waals surface area contributed by atoms with Gasteiger partial charge in [-0.25, -0.2) is 0 Å². The number of hydrogen-bond acceptors (Lipinski definition) is 6. The molecule has 0 amide bonds. The van der Waals surface area contributed by atoms with Crippen LogP contribution in [0.5, 0.6) is 0 Å². The number of carbonyl (C=O) groups excluding carboxylic acids is 3. The van der Waals surface area contributed by atoms with Gasteiger partial charge in [-0.1, -0.05) is 271 Å². The van der Waals surface area contributed by atoms with Crippen LogP contribution >= 0.6 is 0 Å². The summed E-state index contributed by atoms with van der Waals surface area (Å²) < 4.78 is 16.9. The van der Waals surface area contributed by atoms with Gasteiger partial charge in [-0.15, -0.1) is 0 Å². The average molecular weight is 1040 g/mol. The van der Waals surface area contributed by atoms with E-state index in [1.807, 2.05) is 0 Å².